The summed E-state index contributed by atoms with van der Waals surface area (Å²) in [5.41, 5.74) is 6.43. The zero-order valence-electron chi connectivity index (χ0n) is 11.4. The van der Waals surface area contributed by atoms with Gasteiger partial charge in [-0.25, -0.2) is 5.01 Å². The monoisotopic (exact) mass is 222 g/mol. The van der Waals surface area contributed by atoms with Crippen molar-refractivity contribution in [2.45, 2.75) is 41.0 Å². The van der Waals surface area contributed by atoms with E-state index in [4.69, 9.17) is 0 Å². The summed E-state index contributed by atoms with van der Waals surface area (Å²) < 4.78 is 0. The van der Waals surface area contributed by atoms with Crippen LogP contribution in [0.3, 0.4) is 0 Å². The van der Waals surface area contributed by atoms with E-state index >= 15 is 0 Å². The summed E-state index contributed by atoms with van der Waals surface area (Å²) in [7, 11) is 0. The van der Waals surface area contributed by atoms with E-state index in [0.29, 0.717) is 5.41 Å². The molecule has 0 atom stereocenters. The van der Waals surface area contributed by atoms with E-state index in [-0.39, 0.29) is 0 Å². The number of allylic oxidation sites excluding steroid dienone is 3. The van der Waals surface area contributed by atoms with E-state index in [1.807, 2.05) is 0 Å². The van der Waals surface area contributed by atoms with Gasteiger partial charge in [0.15, 0.2) is 0 Å². The molecule has 0 aliphatic carbocycles. The summed E-state index contributed by atoms with van der Waals surface area (Å²) in [6, 6.07) is 0. The van der Waals surface area contributed by atoms with Crippen LogP contribution in [-0.4, -0.2) is 24.6 Å². The van der Waals surface area contributed by atoms with Crippen LogP contribution in [-0.2, 0) is 0 Å². The van der Waals surface area contributed by atoms with Crippen molar-refractivity contribution in [1.82, 2.24) is 10.4 Å². The summed E-state index contributed by atoms with van der Waals surface area (Å²) in [5, 5.41) is 2.23. The smallest absolute Gasteiger partial charge is 0.0317 e. The third-order valence-electron chi connectivity index (χ3n) is 3.75. The Morgan fingerprint density at radius 1 is 1.38 bits per heavy atom. The third-order valence-corrected chi connectivity index (χ3v) is 3.75. The minimum atomic E-state index is 0.324. The second-order valence-corrected chi connectivity index (χ2v) is 5.37. The average Bonchev–Trinajstić information content (AvgIpc) is 2.15. The summed E-state index contributed by atoms with van der Waals surface area (Å²) in [6.07, 6.45) is 5.81. The first-order chi connectivity index (χ1) is 7.45. The molecule has 1 aliphatic rings. The Hall–Kier alpha value is -0.600. The van der Waals surface area contributed by atoms with Gasteiger partial charge in [0.25, 0.3) is 0 Å². The molecule has 2 heteroatoms. The van der Waals surface area contributed by atoms with Gasteiger partial charge in [0.1, 0.15) is 0 Å². The van der Waals surface area contributed by atoms with Gasteiger partial charge >= 0.3 is 0 Å². The van der Waals surface area contributed by atoms with Crippen LogP contribution in [0.1, 0.15) is 41.0 Å². The van der Waals surface area contributed by atoms with Gasteiger partial charge in [0, 0.05) is 19.6 Å². The van der Waals surface area contributed by atoms with E-state index in [1.54, 1.807) is 0 Å². The maximum atomic E-state index is 3.26. The fourth-order valence-electron chi connectivity index (χ4n) is 1.55. The standard InChI is InChI=1S/C14H26N2/c1-6-14(4,5)13(3)11-12(2)7-9-16-10-8-15-16/h7,11,15H,6,8-10H2,1-5H3/b12-7-,13-11+. The Labute approximate surface area is 100 Å². The SMILES string of the molecule is CCC(C)(C)/C(C)=C/C(C)=C\CN1CCN1. The van der Waals surface area contributed by atoms with Crippen molar-refractivity contribution in [3.8, 4) is 0 Å². The molecule has 16 heavy (non-hydrogen) atoms. The van der Waals surface area contributed by atoms with Crippen LogP contribution >= 0.6 is 0 Å². The van der Waals surface area contributed by atoms with Crippen molar-refractivity contribution in [3.05, 3.63) is 23.3 Å². The van der Waals surface area contributed by atoms with Crippen LogP contribution < -0.4 is 5.43 Å². The van der Waals surface area contributed by atoms with Crippen LogP contribution in [0.5, 0.6) is 0 Å². The van der Waals surface area contributed by atoms with Crippen LogP contribution in [0, 0.1) is 5.41 Å². The first kappa shape index (κ1) is 13.5. The minimum absolute atomic E-state index is 0.324. The Balaban J connectivity index is 2.52. The van der Waals surface area contributed by atoms with Crippen molar-refractivity contribution in [2.24, 2.45) is 5.41 Å². The van der Waals surface area contributed by atoms with E-state index in [0.717, 1.165) is 13.1 Å². The molecule has 0 unspecified atom stereocenters. The fourth-order valence-corrected chi connectivity index (χ4v) is 1.55. The lowest BCUT2D eigenvalue weighted by Gasteiger charge is -2.31. The summed E-state index contributed by atoms with van der Waals surface area (Å²) in [6.45, 7) is 14.6. The average molecular weight is 222 g/mol. The molecule has 1 aliphatic heterocycles. The van der Waals surface area contributed by atoms with Crippen molar-refractivity contribution in [3.63, 3.8) is 0 Å². The molecule has 1 heterocycles. The van der Waals surface area contributed by atoms with Gasteiger partial charge < -0.3 is 0 Å². The molecule has 0 bridgehead atoms. The molecule has 92 valence electrons. The topological polar surface area (TPSA) is 15.3 Å². The quantitative estimate of drug-likeness (QED) is 0.719. The van der Waals surface area contributed by atoms with Crippen molar-refractivity contribution >= 4 is 0 Å². The second-order valence-electron chi connectivity index (χ2n) is 5.37. The number of hydrogen-bond donors (Lipinski definition) is 1. The lowest BCUT2D eigenvalue weighted by Crippen LogP contribution is -2.53. The zero-order valence-corrected chi connectivity index (χ0v) is 11.4. The molecule has 0 radical (unpaired) electrons. The molecule has 0 aromatic rings. The molecule has 1 fully saturated rings. The molecule has 1 rings (SSSR count). The maximum Gasteiger partial charge on any atom is 0.0317 e. The van der Waals surface area contributed by atoms with Gasteiger partial charge in [-0.1, -0.05) is 44.1 Å². The molecule has 2 nitrogen and oxygen atoms in total. The Kier molecular flexibility index (Phi) is 4.75. The number of nitrogens with zero attached hydrogens (tertiary/aromatic N) is 1. The highest BCUT2D eigenvalue weighted by molar-refractivity contribution is 5.24. The van der Waals surface area contributed by atoms with Gasteiger partial charge in [0.05, 0.1) is 0 Å². The van der Waals surface area contributed by atoms with Gasteiger partial charge in [-0.3, -0.25) is 5.43 Å². The van der Waals surface area contributed by atoms with Gasteiger partial charge in [-0.05, 0) is 25.7 Å². The normalized spacial score (nSPS) is 19.8. The first-order valence-corrected chi connectivity index (χ1v) is 6.29. The Morgan fingerprint density at radius 2 is 2.00 bits per heavy atom. The third kappa shape index (κ3) is 3.76. The van der Waals surface area contributed by atoms with Crippen molar-refractivity contribution in [1.29, 1.82) is 0 Å². The maximum absolute atomic E-state index is 3.26. The van der Waals surface area contributed by atoms with Crippen molar-refractivity contribution < 1.29 is 0 Å². The molecule has 0 spiro atoms. The largest absolute Gasteiger partial charge is 0.254 e. The summed E-state index contributed by atoms with van der Waals surface area (Å²) in [4.78, 5) is 0. The van der Waals surface area contributed by atoms with Gasteiger partial charge in [-0.2, -0.15) is 0 Å². The molecule has 0 aromatic carbocycles. The van der Waals surface area contributed by atoms with E-state index < -0.39 is 0 Å². The van der Waals surface area contributed by atoms with Gasteiger partial charge in [-0.15, -0.1) is 0 Å². The fraction of sp³-hybridized carbons (Fsp3) is 0.714. The summed E-state index contributed by atoms with van der Waals surface area (Å²) >= 11 is 0. The second kappa shape index (κ2) is 5.65. The van der Waals surface area contributed by atoms with Crippen LogP contribution in [0.25, 0.3) is 0 Å². The zero-order chi connectivity index (χ0) is 12.2. The molecular formula is C14H26N2. The molecule has 0 amide bonds. The van der Waals surface area contributed by atoms with Crippen LogP contribution in [0.15, 0.2) is 23.3 Å². The van der Waals surface area contributed by atoms with E-state index in [9.17, 15) is 0 Å². The molecule has 1 N–H and O–H groups in total. The highest BCUT2D eigenvalue weighted by Crippen LogP contribution is 2.30. The number of rotatable bonds is 5. The van der Waals surface area contributed by atoms with Crippen LogP contribution in [0.2, 0.25) is 0 Å². The van der Waals surface area contributed by atoms with Crippen molar-refractivity contribution in [2.75, 3.05) is 19.6 Å². The molecule has 0 saturated carbocycles. The molecule has 0 aromatic heterocycles. The lowest BCUT2D eigenvalue weighted by atomic mass is 9.82. The van der Waals surface area contributed by atoms with E-state index in [2.05, 4.69) is 57.2 Å². The Morgan fingerprint density at radius 3 is 2.44 bits per heavy atom. The summed E-state index contributed by atoms with van der Waals surface area (Å²) in [5.74, 6) is 0. The molecule has 1 saturated heterocycles. The first-order valence-electron chi connectivity index (χ1n) is 6.29. The van der Waals surface area contributed by atoms with E-state index in [1.165, 1.54) is 24.1 Å². The highest BCUT2D eigenvalue weighted by atomic mass is 15.6. The lowest BCUT2D eigenvalue weighted by molar-refractivity contribution is 0.119. The molecular weight excluding hydrogens is 196 g/mol. The number of hydrogen-bond acceptors (Lipinski definition) is 2. The van der Waals surface area contributed by atoms with Gasteiger partial charge in [0.2, 0.25) is 0 Å². The number of hydrazine groups is 1. The predicted octanol–water partition coefficient (Wildman–Crippen LogP) is 3.14. The predicted molar refractivity (Wildman–Crippen MR) is 71.2 cm³/mol. The highest BCUT2D eigenvalue weighted by Gasteiger charge is 2.16. The number of nitrogens with one attached hydrogen (secondary N) is 1. The van der Waals surface area contributed by atoms with Crippen LogP contribution in [0.4, 0.5) is 0 Å². The minimum Gasteiger partial charge on any atom is -0.254 e. The Bertz CT molecular complexity index is 283.